The van der Waals surface area contributed by atoms with E-state index >= 15 is 0 Å². The van der Waals surface area contributed by atoms with Gasteiger partial charge in [-0.2, -0.15) is 18.2 Å². The van der Waals surface area contributed by atoms with E-state index in [4.69, 9.17) is 4.74 Å². The van der Waals surface area contributed by atoms with Crippen LogP contribution >= 0.6 is 0 Å². The molecule has 0 bridgehead atoms. The summed E-state index contributed by atoms with van der Waals surface area (Å²) in [5, 5.41) is 13.0. The first-order chi connectivity index (χ1) is 13.5. The SMILES string of the molecule is CS(=O)(=O)N1CCC(Nc2ncc(C(F)(F)F)c(O[C@H]3CCCC[C@H]3O)n2)CC1. The quantitative estimate of drug-likeness (QED) is 0.725. The molecule has 12 heteroatoms. The van der Waals surface area contributed by atoms with Crippen molar-refractivity contribution in [1.82, 2.24) is 14.3 Å². The molecule has 0 aromatic carbocycles. The highest BCUT2D eigenvalue weighted by molar-refractivity contribution is 7.88. The Balaban J connectivity index is 1.73. The summed E-state index contributed by atoms with van der Waals surface area (Å²) in [7, 11) is -3.27. The van der Waals surface area contributed by atoms with Gasteiger partial charge in [0.05, 0.1) is 12.4 Å². The molecule has 2 aliphatic rings. The smallest absolute Gasteiger partial charge is 0.423 e. The van der Waals surface area contributed by atoms with Gasteiger partial charge in [0.1, 0.15) is 11.7 Å². The highest BCUT2D eigenvalue weighted by Crippen LogP contribution is 2.36. The zero-order chi connectivity index (χ0) is 21.2. The molecule has 8 nitrogen and oxygen atoms in total. The van der Waals surface area contributed by atoms with Gasteiger partial charge in [0.2, 0.25) is 21.9 Å². The first-order valence-electron chi connectivity index (χ1n) is 9.54. The predicted molar refractivity (Wildman–Crippen MR) is 99.0 cm³/mol. The topological polar surface area (TPSA) is 105 Å². The molecule has 0 amide bonds. The van der Waals surface area contributed by atoms with Gasteiger partial charge in [-0.15, -0.1) is 0 Å². The number of sulfonamides is 1. The molecular weight excluding hydrogens is 413 g/mol. The third kappa shape index (κ3) is 5.70. The number of rotatable bonds is 5. The zero-order valence-corrected chi connectivity index (χ0v) is 16.8. The number of hydrogen-bond donors (Lipinski definition) is 2. The molecule has 1 aliphatic carbocycles. The Morgan fingerprint density at radius 1 is 1.21 bits per heavy atom. The minimum Gasteiger partial charge on any atom is -0.471 e. The lowest BCUT2D eigenvalue weighted by Crippen LogP contribution is -2.42. The minimum absolute atomic E-state index is 0.0175. The molecule has 1 saturated carbocycles. The third-order valence-electron chi connectivity index (χ3n) is 5.25. The Kier molecular flexibility index (Phi) is 6.54. The van der Waals surface area contributed by atoms with Crippen LogP contribution in [0.5, 0.6) is 5.88 Å². The van der Waals surface area contributed by atoms with E-state index in [1.165, 1.54) is 4.31 Å². The van der Waals surface area contributed by atoms with Crippen LogP contribution < -0.4 is 10.1 Å². The molecule has 2 N–H and O–H groups in total. The number of anilines is 1. The second kappa shape index (κ2) is 8.60. The standard InChI is InChI=1S/C17H25F3N4O4S/c1-29(26,27)24-8-6-11(7-9-24)22-16-21-10-12(17(18,19)20)15(23-16)28-14-5-3-2-4-13(14)25/h10-11,13-14,25H,2-9H2,1H3,(H,21,22,23)/t13-,14+/m1/s1. The third-order valence-corrected chi connectivity index (χ3v) is 6.55. The summed E-state index contributed by atoms with van der Waals surface area (Å²) in [6, 6.07) is -0.169. The van der Waals surface area contributed by atoms with E-state index in [0.717, 1.165) is 19.1 Å². The van der Waals surface area contributed by atoms with E-state index in [1.54, 1.807) is 0 Å². The lowest BCUT2D eigenvalue weighted by atomic mass is 9.95. The molecule has 1 saturated heterocycles. The van der Waals surface area contributed by atoms with Crippen molar-refractivity contribution in [2.24, 2.45) is 0 Å². The second-order valence-corrected chi connectivity index (χ2v) is 9.48. The molecule has 2 atom stereocenters. The lowest BCUT2D eigenvalue weighted by molar-refractivity contribution is -0.140. The van der Waals surface area contributed by atoms with Crippen LogP contribution in [0.1, 0.15) is 44.1 Å². The fourth-order valence-electron chi connectivity index (χ4n) is 3.59. The van der Waals surface area contributed by atoms with Crippen LogP contribution in [0.4, 0.5) is 19.1 Å². The molecule has 2 heterocycles. The van der Waals surface area contributed by atoms with Gasteiger partial charge in [0.15, 0.2) is 0 Å². The first kappa shape index (κ1) is 22.0. The fraction of sp³-hybridized carbons (Fsp3) is 0.765. The summed E-state index contributed by atoms with van der Waals surface area (Å²) in [6.07, 6.45) is -1.00. The van der Waals surface area contributed by atoms with Crippen molar-refractivity contribution in [2.45, 2.75) is 63.0 Å². The van der Waals surface area contributed by atoms with Crippen LogP contribution in [0.25, 0.3) is 0 Å². The highest BCUT2D eigenvalue weighted by atomic mass is 32.2. The van der Waals surface area contributed by atoms with E-state index < -0.39 is 39.9 Å². The minimum atomic E-state index is -4.69. The van der Waals surface area contributed by atoms with Crippen LogP contribution in [0.15, 0.2) is 6.20 Å². The van der Waals surface area contributed by atoms with Gasteiger partial charge in [0.25, 0.3) is 0 Å². The molecule has 0 radical (unpaired) electrons. The molecule has 164 valence electrons. The van der Waals surface area contributed by atoms with Crippen molar-refractivity contribution in [3.63, 3.8) is 0 Å². The maximum atomic E-state index is 13.3. The van der Waals surface area contributed by atoms with Crippen molar-refractivity contribution < 1.29 is 31.4 Å². The molecule has 1 aromatic rings. The Hall–Kier alpha value is -1.66. The van der Waals surface area contributed by atoms with Gasteiger partial charge >= 0.3 is 6.18 Å². The number of aliphatic hydroxyl groups is 1. The normalized spacial score (nSPS) is 25.0. The zero-order valence-electron chi connectivity index (χ0n) is 16.0. The molecule has 1 aliphatic heterocycles. The average molecular weight is 438 g/mol. The average Bonchev–Trinajstić information content (AvgIpc) is 2.62. The summed E-state index contributed by atoms with van der Waals surface area (Å²) in [5.41, 5.74) is -1.09. The van der Waals surface area contributed by atoms with E-state index in [2.05, 4.69) is 15.3 Å². The van der Waals surface area contributed by atoms with Crippen LogP contribution in [0, 0.1) is 0 Å². The van der Waals surface area contributed by atoms with Crippen molar-refractivity contribution >= 4 is 16.0 Å². The molecule has 1 aromatic heterocycles. The van der Waals surface area contributed by atoms with E-state index in [0.29, 0.717) is 45.0 Å². The molecule has 3 rings (SSSR count). The van der Waals surface area contributed by atoms with Gasteiger partial charge in [-0.05, 0) is 32.1 Å². The van der Waals surface area contributed by atoms with Crippen LogP contribution in [-0.4, -0.2) is 65.4 Å². The van der Waals surface area contributed by atoms with Crippen molar-refractivity contribution in [3.8, 4) is 5.88 Å². The fourth-order valence-corrected chi connectivity index (χ4v) is 4.47. The maximum Gasteiger partial charge on any atom is 0.423 e. The number of hydrogen-bond acceptors (Lipinski definition) is 7. The molecular formula is C17H25F3N4O4S. The Morgan fingerprint density at radius 3 is 2.45 bits per heavy atom. The van der Waals surface area contributed by atoms with Gasteiger partial charge in [0, 0.05) is 25.3 Å². The van der Waals surface area contributed by atoms with Crippen molar-refractivity contribution in [3.05, 3.63) is 11.8 Å². The molecule has 0 spiro atoms. The first-order valence-corrected chi connectivity index (χ1v) is 11.4. The summed E-state index contributed by atoms with van der Waals surface area (Å²) in [5.74, 6) is -0.620. The predicted octanol–water partition coefficient (Wildman–Crippen LogP) is 2.01. The molecule has 2 fully saturated rings. The summed E-state index contributed by atoms with van der Waals surface area (Å²) in [4.78, 5) is 7.69. The number of alkyl halides is 3. The van der Waals surface area contributed by atoms with E-state index in [-0.39, 0.29) is 12.0 Å². The second-order valence-electron chi connectivity index (χ2n) is 7.50. The number of ether oxygens (including phenoxy) is 1. The van der Waals surface area contributed by atoms with Gasteiger partial charge < -0.3 is 15.2 Å². The molecule has 29 heavy (non-hydrogen) atoms. The van der Waals surface area contributed by atoms with Crippen molar-refractivity contribution in [2.75, 3.05) is 24.7 Å². The van der Waals surface area contributed by atoms with E-state index in [9.17, 15) is 26.7 Å². The molecule has 0 unspecified atom stereocenters. The number of halogens is 3. The summed E-state index contributed by atoms with van der Waals surface area (Å²) < 4.78 is 70.0. The van der Waals surface area contributed by atoms with Crippen LogP contribution in [0.3, 0.4) is 0 Å². The summed E-state index contributed by atoms with van der Waals surface area (Å²) in [6.45, 7) is 0.628. The van der Waals surface area contributed by atoms with E-state index in [1.807, 2.05) is 0 Å². The number of nitrogens with zero attached hydrogens (tertiary/aromatic N) is 3. The maximum absolute atomic E-state index is 13.3. The van der Waals surface area contributed by atoms with Gasteiger partial charge in [-0.1, -0.05) is 6.42 Å². The highest BCUT2D eigenvalue weighted by Gasteiger charge is 2.38. The summed E-state index contributed by atoms with van der Waals surface area (Å²) >= 11 is 0. The Bertz CT molecular complexity index is 813. The van der Waals surface area contributed by atoms with Crippen LogP contribution in [0.2, 0.25) is 0 Å². The number of aliphatic hydroxyl groups excluding tert-OH is 1. The lowest BCUT2D eigenvalue weighted by Gasteiger charge is -2.31. The monoisotopic (exact) mass is 438 g/mol. The van der Waals surface area contributed by atoms with Gasteiger partial charge in [-0.25, -0.2) is 17.7 Å². The number of piperidine rings is 1. The Labute approximate surface area is 167 Å². The Morgan fingerprint density at radius 2 is 1.86 bits per heavy atom. The largest absolute Gasteiger partial charge is 0.471 e. The van der Waals surface area contributed by atoms with Gasteiger partial charge in [-0.3, -0.25) is 0 Å². The van der Waals surface area contributed by atoms with Crippen LogP contribution in [-0.2, 0) is 16.2 Å². The van der Waals surface area contributed by atoms with Crippen molar-refractivity contribution in [1.29, 1.82) is 0 Å². The number of nitrogens with one attached hydrogen (secondary N) is 1. The number of aromatic nitrogens is 2.